The van der Waals surface area contributed by atoms with E-state index in [9.17, 15) is 4.79 Å². The number of hydrogen-bond donors (Lipinski definition) is 0. The fraction of sp³-hybridized carbons (Fsp3) is 0.533. The van der Waals surface area contributed by atoms with Gasteiger partial charge in [-0.15, -0.1) is 0 Å². The molecule has 94 valence electrons. The number of methoxy groups -OCH3 is 1. The van der Waals surface area contributed by atoms with Crippen LogP contribution in [0, 0.1) is 18.8 Å². The van der Waals surface area contributed by atoms with Crippen LogP contribution in [0.25, 0.3) is 0 Å². The van der Waals surface area contributed by atoms with E-state index in [1.807, 2.05) is 0 Å². The van der Waals surface area contributed by atoms with Crippen molar-refractivity contribution in [2.24, 2.45) is 11.8 Å². The van der Waals surface area contributed by atoms with Crippen LogP contribution in [-0.2, 0) is 16.0 Å². The van der Waals surface area contributed by atoms with Crippen molar-refractivity contribution in [3.8, 4) is 0 Å². The van der Waals surface area contributed by atoms with Gasteiger partial charge in [-0.1, -0.05) is 43.7 Å². The van der Waals surface area contributed by atoms with Gasteiger partial charge in [0.2, 0.25) is 0 Å². The summed E-state index contributed by atoms with van der Waals surface area (Å²) in [6.07, 6.45) is 1.44. The van der Waals surface area contributed by atoms with Crippen LogP contribution in [0.2, 0.25) is 0 Å². The van der Waals surface area contributed by atoms with Gasteiger partial charge in [0.15, 0.2) is 0 Å². The highest BCUT2D eigenvalue weighted by atomic mass is 16.5. The first-order valence-corrected chi connectivity index (χ1v) is 6.15. The molecule has 0 fully saturated rings. The molecule has 0 aliphatic heterocycles. The lowest BCUT2D eigenvalue weighted by Crippen LogP contribution is -2.17. The normalized spacial score (nSPS) is 12.5. The molecule has 0 amide bonds. The summed E-state index contributed by atoms with van der Waals surface area (Å²) in [5.41, 5.74) is 2.57. The largest absolute Gasteiger partial charge is 0.469 e. The van der Waals surface area contributed by atoms with Gasteiger partial charge in [0.1, 0.15) is 0 Å². The molecule has 0 spiro atoms. The molecule has 0 aliphatic carbocycles. The van der Waals surface area contributed by atoms with Gasteiger partial charge in [0, 0.05) is 6.42 Å². The van der Waals surface area contributed by atoms with Crippen LogP contribution in [-0.4, -0.2) is 13.1 Å². The number of carbonyl (C=O) groups excluding carboxylic acids is 1. The van der Waals surface area contributed by atoms with Gasteiger partial charge in [-0.25, -0.2) is 0 Å². The van der Waals surface area contributed by atoms with Crippen LogP contribution in [0.3, 0.4) is 0 Å². The highest BCUT2D eigenvalue weighted by Gasteiger charge is 2.18. The van der Waals surface area contributed by atoms with Gasteiger partial charge in [-0.3, -0.25) is 4.79 Å². The minimum absolute atomic E-state index is 0.114. The van der Waals surface area contributed by atoms with E-state index in [1.54, 1.807) is 0 Å². The number of hydrogen-bond acceptors (Lipinski definition) is 2. The van der Waals surface area contributed by atoms with Crippen LogP contribution < -0.4 is 0 Å². The Hall–Kier alpha value is -1.31. The average molecular weight is 234 g/mol. The van der Waals surface area contributed by atoms with Gasteiger partial charge in [0.05, 0.1) is 7.11 Å². The highest BCUT2D eigenvalue weighted by Crippen LogP contribution is 2.21. The SMILES string of the molecule is COC(=O)CC(Cc1cccc(C)c1)C(C)C. The smallest absolute Gasteiger partial charge is 0.305 e. The van der Waals surface area contributed by atoms with Crippen molar-refractivity contribution < 1.29 is 9.53 Å². The predicted molar refractivity (Wildman–Crippen MR) is 69.8 cm³/mol. The summed E-state index contributed by atoms with van der Waals surface area (Å²) in [6, 6.07) is 8.47. The molecule has 0 heterocycles. The Labute approximate surface area is 104 Å². The Balaban J connectivity index is 2.70. The first-order valence-electron chi connectivity index (χ1n) is 6.15. The maximum absolute atomic E-state index is 11.4. The first-order chi connectivity index (χ1) is 8.02. The minimum atomic E-state index is -0.114. The molecule has 0 radical (unpaired) electrons. The maximum atomic E-state index is 11.4. The van der Waals surface area contributed by atoms with Crippen LogP contribution in [0.1, 0.15) is 31.4 Å². The number of esters is 1. The summed E-state index contributed by atoms with van der Waals surface area (Å²) < 4.78 is 4.75. The number of carbonyl (C=O) groups is 1. The van der Waals surface area contributed by atoms with Crippen LogP contribution in [0.15, 0.2) is 24.3 Å². The molecule has 2 nitrogen and oxygen atoms in total. The minimum Gasteiger partial charge on any atom is -0.469 e. The van der Waals surface area contributed by atoms with E-state index in [4.69, 9.17) is 4.74 Å². The Bertz CT molecular complexity index is 369. The number of ether oxygens (including phenoxy) is 1. The van der Waals surface area contributed by atoms with Crippen molar-refractivity contribution in [1.29, 1.82) is 0 Å². The molecule has 0 aromatic heterocycles. The van der Waals surface area contributed by atoms with E-state index < -0.39 is 0 Å². The molecule has 2 heteroatoms. The van der Waals surface area contributed by atoms with Crippen LogP contribution >= 0.6 is 0 Å². The predicted octanol–water partition coefficient (Wildman–Crippen LogP) is 3.37. The Kier molecular flexibility index (Phi) is 5.20. The molecule has 1 rings (SSSR count). The van der Waals surface area contributed by atoms with Gasteiger partial charge in [-0.05, 0) is 30.7 Å². The van der Waals surface area contributed by atoms with Crippen LogP contribution in [0.4, 0.5) is 0 Å². The average Bonchev–Trinajstić information content (AvgIpc) is 2.27. The summed E-state index contributed by atoms with van der Waals surface area (Å²) in [5.74, 6) is 0.718. The van der Waals surface area contributed by atoms with Gasteiger partial charge in [-0.2, -0.15) is 0 Å². The molecule has 0 N–H and O–H groups in total. The van der Waals surface area contributed by atoms with Crippen molar-refractivity contribution in [3.63, 3.8) is 0 Å². The van der Waals surface area contributed by atoms with Crippen molar-refractivity contribution in [2.45, 2.75) is 33.6 Å². The van der Waals surface area contributed by atoms with Gasteiger partial charge >= 0.3 is 5.97 Å². The second-order valence-corrected chi connectivity index (χ2v) is 4.98. The van der Waals surface area contributed by atoms with E-state index in [0.717, 1.165) is 6.42 Å². The van der Waals surface area contributed by atoms with Gasteiger partial charge < -0.3 is 4.74 Å². The van der Waals surface area contributed by atoms with E-state index in [2.05, 4.69) is 45.0 Å². The van der Waals surface area contributed by atoms with Gasteiger partial charge in [0.25, 0.3) is 0 Å². The molecule has 1 atom stereocenters. The molecule has 1 unspecified atom stereocenters. The Morgan fingerprint density at radius 3 is 2.59 bits per heavy atom. The maximum Gasteiger partial charge on any atom is 0.305 e. The summed E-state index contributed by atoms with van der Waals surface area (Å²) in [6.45, 7) is 6.40. The van der Waals surface area contributed by atoms with E-state index in [-0.39, 0.29) is 5.97 Å². The van der Waals surface area contributed by atoms with Crippen LogP contribution in [0.5, 0.6) is 0 Å². The van der Waals surface area contributed by atoms with Crippen molar-refractivity contribution >= 4 is 5.97 Å². The van der Waals surface area contributed by atoms with E-state index >= 15 is 0 Å². The molecular weight excluding hydrogens is 212 g/mol. The second-order valence-electron chi connectivity index (χ2n) is 4.98. The third kappa shape index (κ3) is 4.59. The standard InChI is InChI=1S/C15H22O2/c1-11(2)14(10-15(16)17-4)9-13-7-5-6-12(3)8-13/h5-8,11,14H,9-10H2,1-4H3. The first kappa shape index (κ1) is 13.8. The zero-order valence-corrected chi connectivity index (χ0v) is 11.2. The van der Waals surface area contributed by atoms with Crippen molar-refractivity contribution in [2.75, 3.05) is 7.11 Å². The zero-order valence-electron chi connectivity index (χ0n) is 11.2. The number of aryl methyl sites for hydroxylation is 1. The molecule has 0 saturated heterocycles. The summed E-state index contributed by atoms with van der Waals surface area (Å²) in [5, 5.41) is 0. The Morgan fingerprint density at radius 1 is 1.35 bits per heavy atom. The zero-order chi connectivity index (χ0) is 12.8. The summed E-state index contributed by atoms with van der Waals surface area (Å²) in [7, 11) is 1.45. The fourth-order valence-electron chi connectivity index (χ4n) is 1.98. The Morgan fingerprint density at radius 2 is 2.06 bits per heavy atom. The van der Waals surface area contributed by atoms with E-state index in [0.29, 0.717) is 18.3 Å². The van der Waals surface area contributed by atoms with E-state index in [1.165, 1.54) is 18.2 Å². The fourth-order valence-corrected chi connectivity index (χ4v) is 1.98. The summed E-state index contributed by atoms with van der Waals surface area (Å²) >= 11 is 0. The quantitative estimate of drug-likeness (QED) is 0.730. The molecule has 0 saturated carbocycles. The highest BCUT2D eigenvalue weighted by molar-refractivity contribution is 5.69. The number of rotatable bonds is 5. The molecule has 1 aromatic carbocycles. The molecule has 17 heavy (non-hydrogen) atoms. The second kappa shape index (κ2) is 6.43. The summed E-state index contributed by atoms with van der Waals surface area (Å²) in [4.78, 5) is 11.4. The lowest BCUT2D eigenvalue weighted by Gasteiger charge is -2.19. The van der Waals surface area contributed by atoms with Crippen molar-refractivity contribution in [1.82, 2.24) is 0 Å². The molecule has 0 bridgehead atoms. The molecular formula is C15H22O2. The van der Waals surface area contributed by atoms with Crippen molar-refractivity contribution in [3.05, 3.63) is 35.4 Å². The lowest BCUT2D eigenvalue weighted by atomic mass is 9.86. The molecule has 1 aromatic rings. The lowest BCUT2D eigenvalue weighted by molar-refractivity contribution is -0.142. The number of benzene rings is 1. The molecule has 0 aliphatic rings. The monoisotopic (exact) mass is 234 g/mol. The third-order valence-corrected chi connectivity index (χ3v) is 3.18. The topological polar surface area (TPSA) is 26.3 Å². The third-order valence-electron chi connectivity index (χ3n) is 3.18.